The third-order valence-electron chi connectivity index (χ3n) is 2.67. The molecule has 1 aromatic carbocycles. The molecule has 100 valence electrons. The molecule has 0 bridgehead atoms. The van der Waals surface area contributed by atoms with Crippen LogP contribution in [0.5, 0.6) is 0 Å². The Labute approximate surface area is 106 Å². The molecular weight excluding hydrogens is 257 g/mol. The number of non-ortho nitro benzene ring substituents is 1. The van der Waals surface area contributed by atoms with Crippen LogP contribution >= 0.6 is 0 Å². The summed E-state index contributed by atoms with van der Waals surface area (Å²) in [6, 6.07) is 2.26. The molecule has 1 aromatic rings. The molecule has 1 aliphatic heterocycles. The second kappa shape index (κ2) is 5.01. The lowest BCUT2D eigenvalue weighted by Crippen LogP contribution is -2.47. The van der Waals surface area contributed by atoms with Crippen molar-refractivity contribution in [3.8, 4) is 0 Å². The van der Waals surface area contributed by atoms with Crippen molar-refractivity contribution in [2.24, 2.45) is 0 Å². The Hall–Kier alpha value is -2.51. The van der Waals surface area contributed by atoms with Gasteiger partial charge in [-0.2, -0.15) is 0 Å². The van der Waals surface area contributed by atoms with E-state index in [9.17, 15) is 24.1 Å². The number of anilines is 1. The van der Waals surface area contributed by atoms with Crippen LogP contribution in [0.25, 0.3) is 0 Å². The summed E-state index contributed by atoms with van der Waals surface area (Å²) in [4.78, 5) is 32.3. The number of halogens is 1. The summed E-state index contributed by atoms with van der Waals surface area (Å²) in [5.74, 6) is -1.67. The average Bonchev–Trinajstić information content (AvgIpc) is 2.32. The van der Waals surface area contributed by atoms with Crippen molar-refractivity contribution >= 4 is 23.2 Å². The third-order valence-corrected chi connectivity index (χ3v) is 2.67. The van der Waals surface area contributed by atoms with Crippen LogP contribution in [-0.4, -0.2) is 22.8 Å². The fraction of sp³-hybridized carbons (Fsp3) is 0.273. The van der Waals surface area contributed by atoms with Gasteiger partial charge in [0.1, 0.15) is 11.9 Å². The molecule has 1 atom stereocenters. The third kappa shape index (κ3) is 3.03. The summed E-state index contributed by atoms with van der Waals surface area (Å²) >= 11 is 0. The van der Waals surface area contributed by atoms with Crippen LogP contribution < -0.4 is 10.6 Å². The molecule has 0 aliphatic carbocycles. The lowest BCUT2D eigenvalue weighted by Gasteiger charge is -2.22. The van der Waals surface area contributed by atoms with Gasteiger partial charge in [0.25, 0.3) is 5.69 Å². The van der Waals surface area contributed by atoms with Gasteiger partial charge in [-0.1, -0.05) is 0 Å². The number of carbonyl (C=O) groups excluding carboxylic acids is 2. The Kier molecular flexibility index (Phi) is 3.41. The summed E-state index contributed by atoms with van der Waals surface area (Å²) < 4.78 is 13.2. The number of amides is 2. The van der Waals surface area contributed by atoms with Gasteiger partial charge >= 0.3 is 0 Å². The molecule has 1 saturated heterocycles. The topological polar surface area (TPSA) is 101 Å². The maximum Gasteiger partial charge on any atom is 0.274 e. The molecule has 1 fully saturated rings. The molecule has 8 heteroatoms. The summed E-state index contributed by atoms with van der Waals surface area (Å²) in [5, 5.41) is 15.4. The van der Waals surface area contributed by atoms with E-state index in [-0.39, 0.29) is 24.4 Å². The van der Waals surface area contributed by atoms with E-state index in [4.69, 9.17) is 0 Å². The van der Waals surface area contributed by atoms with Gasteiger partial charge in [0.15, 0.2) is 0 Å². The molecule has 1 unspecified atom stereocenters. The normalized spacial score (nSPS) is 18.9. The van der Waals surface area contributed by atoms with Gasteiger partial charge in [-0.3, -0.25) is 25.0 Å². The molecule has 2 amide bonds. The second-order valence-corrected chi connectivity index (χ2v) is 4.10. The van der Waals surface area contributed by atoms with Crippen LogP contribution in [0.4, 0.5) is 15.8 Å². The zero-order valence-electron chi connectivity index (χ0n) is 9.68. The number of imide groups is 1. The van der Waals surface area contributed by atoms with Crippen molar-refractivity contribution in [1.82, 2.24) is 5.32 Å². The van der Waals surface area contributed by atoms with E-state index in [0.29, 0.717) is 0 Å². The smallest absolute Gasteiger partial charge is 0.274 e. The van der Waals surface area contributed by atoms with Gasteiger partial charge in [-0.15, -0.1) is 0 Å². The quantitative estimate of drug-likeness (QED) is 0.482. The van der Waals surface area contributed by atoms with Gasteiger partial charge in [0.2, 0.25) is 11.8 Å². The Morgan fingerprint density at radius 3 is 2.74 bits per heavy atom. The fourth-order valence-corrected chi connectivity index (χ4v) is 1.80. The highest BCUT2D eigenvalue weighted by molar-refractivity contribution is 6.01. The molecule has 0 aromatic heterocycles. The Balaban J connectivity index is 2.17. The van der Waals surface area contributed by atoms with Crippen LogP contribution in [-0.2, 0) is 9.59 Å². The zero-order chi connectivity index (χ0) is 14.0. The molecule has 7 nitrogen and oxygen atoms in total. The minimum atomic E-state index is -0.774. The number of hydrogen-bond acceptors (Lipinski definition) is 5. The minimum Gasteiger partial charge on any atom is -0.373 e. The Bertz CT molecular complexity index is 561. The first kappa shape index (κ1) is 12.9. The number of piperidine rings is 1. The van der Waals surface area contributed by atoms with Gasteiger partial charge in [-0.05, 0) is 12.5 Å². The molecular formula is C11H10FN3O4. The number of benzene rings is 1. The number of nitrogens with one attached hydrogen (secondary N) is 2. The number of nitro benzene ring substituents is 1. The summed E-state index contributed by atoms with van der Waals surface area (Å²) in [5.41, 5.74) is -0.281. The van der Waals surface area contributed by atoms with Crippen molar-refractivity contribution in [3.63, 3.8) is 0 Å². The Morgan fingerprint density at radius 2 is 2.11 bits per heavy atom. The first-order chi connectivity index (χ1) is 8.95. The second-order valence-electron chi connectivity index (χ2n) is 4.10. The molecule has 0 radical (unpaired) electrons. The highest BCUT2D eigenvalue weighted by Crippen LogP contribution is 2.21. The molecule has 0 spiro atoms. The van der Waals surface area contributed by atoms with E-state index in [2.05, 4.69) is 10.6 Å². The van der Waals surface area contributed by atoms with E-state index in [1.165, 1.54) is 0 Å². The fourth-order valence-electron chi connectivity index (χ4n) is 1.80. The van der Waals surface area contributed by atoms with Crippen LogP contribution in [0, 0.1) is 15.9 Å². The van der Waals surface area contributed by atoms with E-state index < -0.39 is 28.4 Å². The summed E-state index contributed by atoms with van der Waals surface area (Å²) in [6.07, 6.45) is 0.426. The largest absolute Gasteiger partial charge is 0.373 e. The van der Waals surface area contributed by atoms with E-state index >= 15 is 0 Å². The van der Waals surface area contributed by atoms with Crippen LogP contribution in [0.15, 0.2) is 18.2 Å². The minimum absolute atomic E-state index is 0.126. The van der Waals surface area contributed by atoms with E-state index in [0.717, 1.165) is 18.2 Å². The van der Waals surface area contributed by atoms with Crippen molar-refractivity contribution in [2.45, 2.75) is 18.9 Å². The first-order valence-corrected chi connectivity index (χ1v) is 5.51. The van der Waals surface area contributed by atoms with E-state index in [1.807, 2.05) is 0 Å². The predicted molar refractivity (Wildman–Crippen MR) is 62.8 cm³/mol. The highest BCUT2D eigenvalue weighted by atomic mass is 19.1. The van der Waals surface area contributed by atoms with Crippen LogP contribution in [0.1, 0.15) is 12.8 Å². The van der Waals surface area contributed by atoms with Gasteiger partial charge in [0, 0.05) is 18.2 Å². The van der Waals surface area contributed by atoms with E-state index in [1.54, 1.807) is 0 Å². The van der Waals surface area contributed by atoms with Crippen molar-refractivity contribution in [3.05, 3.63) is 34.1 Å². The molecule has 2 N–H and O–H groups in total. The summed E-state index contributed by atoms with van der Waals surface area (Å²) in [6.45, 7) is 0. The number of nitro groups is 1. The predicted octanol–water partition coefficient (Wildman–Crippen LogP) is 0.951. The lowest BCUT2D eigenvalue weighted by atomic mass is 10.1. The number of rotatable bonds is 3. The molecule has 19 heavy (non-hydrogen) atoms. The van der Waals surface area contributed by atoms with Crippen molar-refractivity contribution in [2.75, 3.05) is 5.32 Å². The average molecular weight is 267 g/mol. The monoisotopic (exact) mass is 267 g/mol. The summed E-state index contributed by atoms with van der Waals surface area (Å²) in [7, 11) is 0. The maximum atomic E-state index is 13.2. The van der Waals surface area contributed by atoms with Gasteiger partial charge in [0.05, 0.1) is 11.0 Å². The van der Waals surface area contributed by atoms with Gasteiger partial charge < -0.3 is 5.32 Å². The van der Waals surface area contributed by atoms with Crippen molar-refractivity contribution in [1.29, 1.82) is 0 Å². The number of carbonyl (C=O) groups is 2. The maximum absolute atomic E-state index is 13.2. The Morgan fingerprint density at radius 1 is 1.37 bits per heavy atom. The lowest BCUT2D eigenvalue weighted by molar-refractivity contribution is -0.385. The molecule has 0 saturated carbocycles. The first-order valence-electron chi connectivity index (χ1n) is 5.51. The van der Waals surface area contributed by atoms with Crippen molar-refractivity contribution < 1.29 is 18.9 Å². The molecule has 1 aliphatic rings. The highest BCUT2D eigenvalue weighted by Gasteiger charge is 2.26. The standard InChI is InChI=1S/C11H10FN3O4/c12-6-3-7(5-8(4-6)15(18)19)13-9-1-2-10(16)14-11(9)17/h3-5,9,13H,1-2H2,(H,14,16,17). The van der Waals surface area contributed by atoms with Gasteiger partial charge in [-0.25, -0.2) is 4.39 Å². The molecule has 1 heterocycles. The SMILES string of the molecule is O=C1CCC(Nc2cc(F)cc([N+](=O)[O-])c2)C(=O)N1. The number of hydrogen-bond donors (Lipinski definition) is 2. The van der Waals surface area contributed by atoms with Crippen LogP contribution in [0.2, 0.25) is 0 Å². The number of nitrogens with zero attached hydrogens (tertiary/aromatic N) is 1. The van der Waals surface area contributed by atoms with Crippen LogP contribution in [0.3, 0.4) is 0 Å². The zero-order valence-corrected chi connectivity index (χ0v) is 9.68. The molecule has 2 rings (SSSR count).